The summed E-state index contributed by atoms with van der Waals surface area (Å²) >= 11 is 3.55. The Morgan fingerprint density at radius 1 is 1.25 bits per heavy atom. The van der Waals surface area contributed by atoms with Gasteiger partial charge in [-0.25, -0.2) is 0 Å². The van der Waals surface area contributed by atoms with Crippen molar-refractivity contribution in [3.8, 4) is 0 Å². The maximum Gasteiger partial charge on any atom is 0.309 e. The molecule has 3 heteroatoms. The summed E-state index contributed by atoms with van der Waals surface area (Å²) in [5.74, 6) is 0.897. The maximum absolute atomic E-state index is 11.6. The van der Waals surface area contributed by atoms with E-state index >= 15 is 0 Å². The minimum Gasteiger partial charge on any atom is -0.481 e. The number of halogens is 1. The van der Waals surface area contributed by atoms with Crippen molar-refractivity contribution in [1.29, 1.82) is 0 Å². The van der Waals surface area contributed by atoms with Gasteiger partial charge in [0.15, 0.2) is 0 Å². The fourth-order valence-corrected chi connectivity index (χ4v) is 6.04. The first-order valence-electron chi connectivity index (χ1n) is 6.37. The summed E-state index contributed by atoms with van der Waals surface area (Å²) in [5, 5.41) is 10.6. The third-order valence-corrected chi connectivity index (χ3v) is 5.66. The molecule has 0 saturated heterocycles. The number of hydrogen-bond donors (Lipinski definition) is 1. The average molecular weight is 287 g/mol. The minimum atomic E-state index is -0.513. The molecule has 16 heavy (non-hydrogen) atoms. The van der Waals surface area contributed by atoms with E-state index in [1.807, 2.05) is 0 Å². The summed E-state index contributed by atoms with van der Waals surface area (Å²) < 4.78 is 0. The largest absolute Gasteiger partial charge is 0.481 e. The van der Waals surface area contributed by atoms with Gasteiger partial charge >= 0.3 is 5.97 Å². The predicted octanol–water partition coefficient (Wildman–Crippen LogP) is 3.44. The van der Waals surface area contributed by atoms with Crippen molar-refractivity contribution in [2.45, 2.75) is 44.9 Å². The zero-order valence-corrected chi connectivity index (χ0v) is 11.1. The number of carboxylic acid groups (broad SMARTS) is 1. The monoisotopic (exact) mass is 286 g/mol. The van der Waals surface area contributed by atoms with Crippen molar-refractivity contribution in [3.63, 3.8) is 0 Å². The maximum atomic E-state index is 11.6. The molecular formula is C13H19BrO2. The molecule has 4 fully saturated rings. The van der Waals surface area contributed by atoms with Crippen LogP contribution in [0.1, 0.15) is 44.9 Å². The molecule has 0 aromatic rings. The van der Waals surface area contributed by atoms with Crippen LogP contribution in [0.5, 0.6) is 0 Å². The zero-order chi connectivity index (χ0) is 11.4. The molecule has 2 atom stereocenters. The SMILES string of the molecule is O=C(O)C12CC3CC(CC(CCBr)(C3)C1)C2. The van der Waals surface area contributed by atoms with Crippen LogP contribution >= 0.6 is 15.9 Å². The van der Waals surface area contributed by atoms with Gasteiger partial charge in [-0.15, -0.1) is 0 Å². The van der Waals surface area contributed by atoms with E-state index in [2.05, 4.69) is 15.9 Å². The molecule has 0 heterocycles. The van der Waals surface area contributed by atoms with Gasteiger partial charge < -0.3 is 5.11 Å². The Labute approximate surface area is 105 Å². The van der Waals surface area contributed by atoms with Crippen LogP contribution in [0.4, 0.5) is 0 Å². The Bertz CT molecular complexity index is 312. The topological polar surface area (TPSA) is 37.3 Å². The summed E-state index contributed by atoms with van der Waals surface area (Å²) in [6.07, 6.45) is 7.95. The molecule has 0 aliphatic heterocycles. The third kappa shape index (κ3) is 1.47. The molecule has 4 saturated carbocycles. The van der Waals surface area contributed by atoms with Crippen LogP contribution in [0.2, 0.25) is 0 Å². The Morgan fingerprint density at radius 3 is 2.38 bits per heavy atom. The van der Waals surface area contributed by atoms with Crippen LogP contribution < -0.4 is 0 Å². The van der Waals surface area contributed by atoms with E-state index in [0.29, 0.717) is 17.3 Å². The van der Waals surface area contributed by atoms with E-state index in [-0.39, 0.29) is 5.41 Å². The van der Waals surface area contributed by atoms with Gasteiger partial charge in [-0.1, -0.05) is 15.9 Å². The second-order valence-electron chi connectivity index (χ2n) is 6.49. The minimum absolute atomic E-state index is 0.341. The van der Waals surface area contributed by atoms with Gasteiger partial charge in [0.1, 0.15) is 0 Å². The normalized spacial score (nSPS) is 49.6. The highest BCUT2D eigenvalue weighted by Crippen LogP contribution is 2.66. The molecule has 2 unspecified atom stereocenters. The summed E-state index contributed by atoms with van der Waals surface area (Å²) in [4.78, 5) is 11.6. The number of hydrogen-bond acceptors (Lipinski definition) is 1. The summed E-state index contributed by atoms with van der Waals surface area (Å²) in [6, 6.07) is 0. The van der Waals surface area contributed by atoms with Gasteiger partial charge in [-0.05, 0) is 62.2 Å². The van der Waals surface area contributed by atoms with Crippen molar-refractivity contribution < 1.29 is 9.90 Å². The number of carbonyl (C=O) groups is 1. The van der Waals surface area contributed by atoms with Crippen molar-refractivity contribution in [2.24, 2.45) is 22.7 Å². The second-order valence-corrected chi connectivity index (χ2v) is 7.28. The van der Waals surface area contributed by atoms with Gasteiger partial charge in [-0.3, -0.25) is 4.79 Å². The van der Waals surface area contributed by atoms with E-state index in [1.54, 1.807) is 0 Å². The van der Waals surface area contributed by atoms with Gasteiger partial charge in [0.25, 0.3) is 0 Å². The molecule has 4 aliphatic carbocycles. The zero-order valence-electron chi connectivity index (χ0n) is 9.54. The lowest BCUT2D eigenvalue weighted by molar-refractivity contribution is -0.174. The van der Waals surface area contributed by atoms with Gasteiger partial charge in [-0.2, -0.15) is 0 Å². The molecule has 0 radical (unpaired) electrons. The average Bonchev–Trinajstić information content (AvgIpc) is 2.14. The van der Waals surface area contributed by atoms with Gasteiger partial charge in [0.2, 0.25) is 0 Å². The molecular weight excluding hydrogens is 268 g/mol. The first-order valence-corrected chi connectivity index (χ1v) is 7.49. The molecule has 4 bridgehead atoms. The van der Waals surface area contributed by atoms with Crippen LogP contribution in [0.3, 0.4) is 0 Å². The predicted molar refractivity (Wildman–Crippen MR) is 65.6 cm³/mol. The van der Waals surface area contributed by atoms with Crippen LogP contribution in [-0.2, 0) is 4.79 Å². The van der Waals surface area contributed by atoms with E-state index in [0.717, 1.165) is 24.6 Å². The van der Waals surface area contributed by atoms with Gasteiger partial charge in [0, 0.05) is 5.33 Å². The van der Waals surface area contributed by atoms with Crippen LogP contribution in [0, 0.1) is 22.7 Å². The number of rotatable bonds is 3. The van der Waals surface area contributed by atoms with Crippen molar-refractivity contribution >= 4 is 21.9 Å². The lowest BCUT2D eigenvalue weighted by Gasteiger charge is -2.60. The number of carboxylic acids is 1. The number of aliphatic carboxylic acids is 1. The first-order chi connectivity index (χ1) is 7.57. The molecule has 0 amide bonds. The molecule has 2 nitrogen and oxygen atoms in total. The third-order valence-electron chi connectivity index (χ3n) is 5.26. The lowest BCUT2D eigenvalue weighted by atomic mass is 9.43. The van der Waals surface area contributed by atoms with Crippen molar-refractivity contribution in [3.05, 3.63) is 0 Å². The Morgan fingerprint density at radius 2 is 1.88 bits per heavy atom. The smallest absolute Gasteiger partial charge is 0.309 e. The molecule has 0 aromatic carbocycles. The fraction of sp³-hybridized carbons (Fsp3) is 0.923. The van der Waals surface area contributed by atoms with E-state index in [1.165, 1.54) is 25.7 Å². The second kappa shape index (κ2) is 3.47. The standard InChI is InChI=1S/C13H19BrO2/c14-2-1-12-4-9-3-10(5-12)7-13(6-9,8-12)11(15)16/h9-10H,1-8H2,(H,15,16). The highest BCUT2D eigenvalue weighted by atomic mass is 79.9. The first kappa shape index (κ1) is 11.1. The molecule has 0 aromatic heterocycles. The van der Waals surface area contributed by atoms with Gasteiger partial charge in [0.05, 0.1) is 5.41 Å². The van der Waals surface area contributed by atoms with Crippen LogP contribution in [0.25, 0.3) is 0 Å². The lowest BCUT2D eigenvalue weighted by Crippen LogP contribution is -2.55. The van der Waals surface area contributed by atoms with Crippen LogP contribution in [-0.4, -0.2) is 16.4 Å². The molecule has 1 N–H and O–H groups in total. The summed E-state index contributed by atoms with van der Waals surface area (Å²) in [7, 11) is 0. The number of alkyl halides is 1. The van der Waals surface area contributed by atoms with E-state index in [9.17, 15) is 9.90 Å². The summed E-state index contributed by atoms with van der Waals surface area (Å²) in [6.45, 7) is 0. The Hall–Kier alpha value is -0.0500. The highest BCUT2D eigenvalue weighted by Gasteiger charge is 2.60. The van der Waals surface area contributed by atoms with E-state index in [4.69, 9.17) is 0 Å². The Balaban J connectivity index is 1.93. The fourth-order valence-electron chi connectivity index (χ4n) is 5.20. The molecule has 4 rings (SSSR count). The van der Waals surface area contributed by atoms with Crippen LogP contribution in [0.15, 0.2) is 0 Å². The highest BCUT2D eigenvalue weighted by molar-refractivity contribution is 9.09. The summed E-state index contributed by atoms with van der Waals surface area (Å²) in [5.41, 5.74) is 0.0260. The molecule has 0 spiro atoms. The van der Waals surface area contributed by atoms with Crippen molar-refractivity contribution in [2.75, 3.05) is 5.33 Å². The molecule has 90 valence electrons. The quantitative estimate of drug-likeness (QED) is 0.807. The van der Waals surface area contributed by atoms with E-state index < -0.39 is 5.97 Å². The Kier molecular flexibility index (Phi) is 2.40. The van der Waals surface area contributed by atoms with Crippen molar-refractivity contribution in [1.82, 2.24) is 0 Å². The molecule has 4 aliphatic rings.